The summed E-state index contributed by atoms with van der Waals surface area (Å²) in [7, 11) is -3.70. The lowest BCUT2D eigenvalue weighted by Crippen LogP contribution is -2.30. The lowest BCUT2D eigenvalue weighted by Gasteiger charge is -2.28. The zero-order valence-corrected chi connectivity index (χ0v) is 17.9. The van der Waals surface area contributed by atoms with Crippen molar-refractivity contribution < 1.29 is 13.2 Å². The third-order valence-electron chi connectivity index (χ3n) is 5.06. The Labute approximate surface area is 179 Å². The van der Waals surface area contributed by atoms with Crippen molar-refractivity contribution in [3.63, 3.8) is 0 Å². The number of amides is 1. The number of nitrogens with two attached hydrogens (primary N) is 1. The number of hydrogen-bond acceptors (Lipinski definition) is 6. The molecule has 4 rings (SSSR count). The summed E-state index contributed by atoms with van der Waals surface area (Å²) in [6, 6.07) is 12.2. The highest BCUT2D eigenvalue weighted by molar-refractivity contribution is 7.89. The van der Waals surface area contributed by atoms with E-state index in [9.17, 15) is 13.2 Å². The fraction of sp³-hybridized carbons (Fsp3) is 0.238. The molecule has 9 heteroatoms. The van der Waals surface area contributed by atoms with Gasteiger partial charge in [-0.3, -0.25) is 4.79 Å². The van der Waals surface area contributed by atoms with Crippen LogP contribution in [-0.4, -0.2) is 25.9 Å². The van der Waals surface area contributed by atoms with Gasteiger partial charge in [0.25, 0.3) is 0 Å². The van der Waals surface area contributed by atoms with Crippen molar-refractivity contribution in [1.82, 2.24) is 4.98 Å². The van der Waals surface area contributed by atoms with Crippen LogP contribution in [0.25, 0.3) is 0 Å². The van der Waals surface area contributed by atoms with Crippen molar-refractivity contribution in [2.24, 2.45) is 5.14 Å². The monoisotopic (exact) mass is 442 g/mol. The first-order valence-electron chi connectivity index (χ1n) is 9.56. The minimum atomic E-state index is -3.70. The molecule has 0 aliphatic carbocycles. The average Bonchev–Trinajstić information content (AvgIpc) is 3.20. The third kappa shape index (κ3) is 4.86. The van der Waals surface area contributed by atoms with E-state index >= 15 is 0 Å². The van der Waals surface area contributed by atoms with Crippen molar-refractivity contribution in [2.75, 3.05) is 16.8 Å². The van der Waals surface area contributed by atoms with E-state index < -0.39 is 10.0 Å². The number of rotatable bonds is 6. The van der Waals surface area contributed by atoms with Gasteiger partial charge < -0.3 is 10.2 Å². The molecule has 30 heavy (non-hydrogen) atoms. The van der Waals surface area contributed by atoms with E-state index in [0.717, 1.165) is 30.9 Å². The molecule has 1 aliphatic heterocycles. The quantitative estimate of drug-likeness (QED) is 0.611. The summed E-state index contributed by atoms with van der Waals surface area (Å²) in [6.45, 7) is 1.80. The maximum atomic E-state index is 12.2. The molecule has 3 N–H and O–H groups in total. The van der Waals surface area contributed by atoms with E-state index in [4.69, 9.17) is 5.14 Å². The van der Waals surface area contributed by atoms with Crippen LogP contribution in [0.15, 0.2) is 58.9 Å². The van der Waals surface area contributed by atoms with Crippen molar-refractivity contribution in [3.8, 4) is 0 Å². The van der Waals surface area contributed by atoms with E-state index in [1.165, 1.54) is 22.6 Å². The molecule has 7 nitrogen and oxygen atoms in total. The number of benzene rings is 1. The number of pyridine rings is 1. The van der Waals surface area contributed by atoms with Gasteiger partial charge in [0, 0.05) is 24.4 Å². The first kappa shape index (κ1) is 20.5. The highest BCUT2D eigenvalue weighted by Gasteiger charge is 2.18. The zero-order valence-electron chi connectivity index (χ0n) is 16.2. The first-order valence-corrected chi connectivity index (χ1v) is 12.0. The first-order chi connectivity index (χ1) is 14.4. The molecule has 0 radical (unpaired) electrons. The molecule has 2 aromatic heterocycles. The Kier molecular flexibility index (Phi) is 5.85. The number of primary sulfonamides is 1. The van der Waals surface area contributed by atoms with E-state index in [2.05, 4.69) is 26.6 Å². The summed E-state index contributed by atoms with van der Waals surface area (Å²) in [5.41, 5.74) is 2.88. The molecule has 0 unspecified atom stereocenters. The standard InChI is InChI=1S/C21H22N4O3S2/c22-30(27,28)18-5-1-15(2-6-18)3-8-21(26)24-17-4-7-20(23-13-17)25-11-9-19-16(14-25)10-12-29-19/h1-2,4-7,10,12-13H,3,8-9,11,14H2,(H,24,26)(H2,22,27,28). The smallest absolute Gasteiger partial charge is 0.238 e. The Morgan fingerprint density at radius 3 is 2.67 bits per heavy atom. The van der Waals surface area contributed by atoms with Crippen LogP contribution < -0.4 is 15.4 Å². The van der Waals surface area contributed by atoms with Crippen LogP contribution in [0.5, 0.6) is 0 Å². The Hall–Kier alpha value is -2.75. The van der Waals surface area contributed by atoms with Gasteiger partial charge in [-0.25, -0.2) is 18.5 Å². The van der Waals surface area contributed by atoms with Gasteiger partial charge in [0.15, 0.2) is 0 Å². The van der Waals surface area contributed by atoms with Gasteiger partial charge in [0.05, 0.1) is 16.8 Å². The van der Waals surface area contributed by atoms with Crippen molar-refractivity contribution in [3.05, 3.63) is 70.0 Å². The van der Waals surface area contributed by atoms with Crippen LogP contribution in [-0.2, 0) is 34.2 Å². The number of aromatic nitrogens is 1. The molecule has 0 spiro atoms. The highest BCUT2D eigenvalue weighted by Crippen LogP contribution is 2.27. The molecule has 0 bridgehead atoms. The van der Waals surface area contributed by atoms with Crippen LogP contribution in [0, 0.1) is 0 Å². The number of hydrogen-bond donors (Lipinski definition) is 2. The van der Waals surface area contributed by atoms with Gasteiger partial charge in [-0.15, -0.1) is 11.3 Å². The fourth-order valence-electron chi connectivity index (χ4n) is 3.42. The number of thiophene rings is 1. The van der Waals surface area contributed by atoms with Gasteiger partial charge in [0.2, 0.25) is 15.9 Å². The molecule has 0 saturated heterocycles. The predicted molar refractivity (Wildman–Crippen MR) is 118 cm³/mol. The number of anilines is 2. The normalized spacial score (nSPS) is 13.7. The molecule has 3 heterocycles. The molecule has 0 saturated carbocycles. The van der Waals surface area contributed by atoms with Gasteiger partial charge in [-0.05, 0) is 59.7 Å². The van der Waals surface area contributed by atoms with Crippen LogP contribution in [0.3, 0.4) is 0 Å². The maximum absolute atomic E-state index is 12.2. The van der Waals surface area contributed by atoms with E-state index in [0.29, 0.717) is 12.1 Å². The summed E-state index contributed by atoms with van der Waals surface area (Å²) in [5.74, 6) is 0.778. The fourth-order valence-corrected chi connectivity index (χ4v) is 4.82. The molecular weight excluding hydrogens is 420 g/mol. The Bertz CT molecular complexity index is 1140. The number of sulfonamides is 1. The molecule has 1 aromatic carbocycles. The molecule has 1 amide bonds. The average molecular weight is 443 g/mol. The van der Waals surface area contributed by atoms with Gasteiger partial charge in [-0.2, -0.15) is 0 Å². The summed E-state index contributed by atoms with van der Waals surface area (Å²) in [5, 5.41) is 10.1. The third-order valence-corrected chi connectivity index (χ3v) is 7.01. The van der Waals surface area contributed by atoms with Crippen molar-refractivity contribution >= 4 is 38.8 Å². The van der Waals surface area contributed by atoms with Crippen molar-refractivity contribution in [1.29, 1.82) is 0 Å². The number of carbonyl (C=O) groups is 1. The van der Waals surface area contributed by atoms with Gasteiger partial charge in [0.1, 0.15) is 5.82 Å². The molecular formula is C21H22N4O3S2. The Morgan fingerprint density at radius 2 is 1.97 bits per heavy atom. The molecule has 3 aromatic rings. The van der Waals surface area contributed by atoms with Crippen LogP contribution >= 0.6 is 11.3 Å². The second-order valence-electron chi connectivity index (χ2n) is 7.18. The van der Waals surface area contributed by atoms with Gasteiger partial charge in [-0.1, -0.05) is 12.1 Å². The second-order valence-corrected chi connectivity index (χ2v) is 9.74. The van der Waals surface area contributed by atoms with E-state index in [1.54, 1.807) is 18.3 Å². The minimum Gasteiger partial charge on any atom is -0.352 e. The number of nitrogens with zero attached hydrogens (tertiary/aromatic N) is 2. The molecule has 0 atom stereocenters. The number of carbonyl (C=O) groups excluding carboxylic acids is 1. The summed E-state index contributed by atoms with van der Waals surface area (Å²) in [4.78, 5) is 20.5. The van der Waals surface area contributed by atoms with Crippen LogP contribution in [0.2, 0.25) is 0 Å². The molecule has 0 fully saturated rings. The van der Waals surface area contributed by atoms with Crippen LogP contribution in [0.1, 0.15) is 22.4 Å². The molecule has 156 valence electrons. The van der Waals surface area contributed by atoms with Crippen LogP contribution in [0.4, 0.5) is 11.5 Å². The van der Waals surface area contributed by atoms with E-state index in [-0.39, 0.29) is 17.2 Å². The number of nitrogens with one attached hydrogen (secondary N) is 1. The predicted octanol–water partition coefficient (Wildman–Crippen LogP) is 2.92. The topological polar surface area (TPSA) is 105 Å². The lowest BCUT2D eigenvalue weighted by molar-refractivity contribution is -0.116. The summed E-state index contributed by atoms with van der Waals surface area (Å²) in [6.07, 6.45) is 3.49. The lowest BCUT2D eigenvalue weighted by atomic mass is 10.1. The zero-order chi connectivity index (χ0) is 21.1. The maximum Gasteiger partial charge on any atom is 0.238 e. The SMILES string of the molecule is NS(=O)(=O)c1ccc(CCC(=O)Nc2ccc(N3CCc4sccc4C3)nc2)cc1. The molecule has 1 aliphatic rings. The Morgan fingerprint density at radius 1 is 1.17 bits per heavy atom. The minimum absolute atomic E-state index is 0.0609. The van der Waals surface area contributed by atoms with Crippen molar-refractivity contribution in [2.45, 2.75) is 30.7 Å². The summed E-state index contributed by atoms with van der Waals surface area (Å²) >= 11 is 1.81. The van der Waals surface area contributed by atoms with E-state index in [1.807, 2.05) is 23.5 Å². The second kappa shape index (κ2) is 8.55. The largest absolute Gasteiger partial charge is 0.352 e. The van der Waals surface area contributed by atoms with Gasteiger partial charge >= 0.3 is 0 Å². The summed E-state index contributed by atoms with van der Waals surface area (Å²) < 4.78 is 22.6. The Balaban J connectivity index is 1.30. The number of aryl methyl sites for hydroxylation is 1. The number of fused-ring (bicyclic) bond motifs is 1. The highest BCUT2D eigenvalue weighted by atomic mass is 32.2.